The van der Waals surface area contributed by atoms with Crippen molar-refractivity contribution in [2.24, 2.45) is 0 Å². The molecule has 0 spiro atoms. The molecule has 0 radical (unpaired) electrons. The molecule has 0 bridgehead atoms. The highest BCUT2D eigenvalue weighted by Crippen LogP contribution is 2.15. The Kier molecular flexibility index (Phi) is 4.45. The maximum atomic E-state index is 13.4. The Morgan fingerprint density at radius 1 is 1.50 bits per heavy atom. The Bertz CT molecular complexity index is 410. The second-order valence-electron chi connectivity index (χ2n) is 4.15. The first-order chi connectivity index (χ1) is 7.44. The molecule has 0 aliphatic carbocycles. The molecular weight excluding hydrogens is 271 g/mol. The SMILES string of the molecule is CC(C)(C#N)NCCc1cc(Br)ccc1F. The van der Waals surface area contributed by atoms with Gasteiger partial charge >= 0.3 is 0 Å². The van der Waals surface area contributed by atoms with Gasteiger partial charge in [-0.3, -0.25) is 5.32 Å². The molecule has 0 fully saturated rings. The molecule has 0 unspecified atom stereocenters. The summed E-state index contributed by atoms with van der Waals surface area (Å²) in [6.07, 6.45) is 0.566. The van der Waals surface area contributed by atoms with Crippen molar-refractivity contribution in [3.05, 3.63) is 34.1 Å². The van der Waals surface area contributed by atoms with Crippen molar-refractivity contribution < 1.29 is 4.39 Å². The molecular formula is C12H14BrFN2. The van der Waals surface area contributed by atoms with E-state index in [0.29, 0.717) is 18.5 Å². The summed E-state index contributed by atoms with van der Waals surface area (Å²) in [4.78, 5) is 0. The van der Waals surface area contributed by atoms with Gasteiger partial charge in [0.05, 0.1) is 6.07 Å². The van der Waals surface area contributed by atoms with E-state index < -0.39 is 5.54 Å². The van der Waals surface area contributed by atoms with Crippen LogP contribution in [0.25, 0.3) is 0 Å². The van der Waals surface area contributed by atoms with Crippen molar-refractivity contribution >= 4 is 15.9 Å². The zero-order chi connectivity index (χ0) is 12.2. The van der Waals surface area contributed by atoms with Gasteiger partial charge in [0, 0.05) is 11.0 Å². The molecule has 1 N–H and O–H groups in total. The predicted molar refractivity (Wildman–Crippen MR) is 65.5 cm³/mol. The summed E-state index contributed by atoms with van der Waals surface area (Å²) in [5.74, 6) is -0.209. The summed E-state index contributed by atoms with van der Waals surface area (Å²) in [5, 5.41) is 11.9. The average Bonchev–Trinajstić information content (AvgIpc) is 2.23. The van der Waals surface area contributed by atoms with Crippen LogP contribution in [0.15, 0.2) is 22.7 Å². The summed E-state index contributed by atoms with van der Waals surface area (Å²) in [6, 6.07) is 7.01. The van der Waals surface area contributed by atoms with Gasteiger partial charge in [-0.05, 0) is 44.0 Å². The van der Waals surface area contributed by atoms with Crippen LogP contribution in [0.5, 0.6) is 0 Å². The van der Waals surface area contributed by atoms with Gasteiger partial charge in [0.2, 0.25) is 0 Å². The molecule has 2 nitrogen and oxygen atoms in total. The van der Waals surface area contributed by atoms with E-state index >= 15 is 0 Å². The van der Waals surface area contributed by atoms with E-state index in [0.717, 1.165) is 4.47 Å². The van der Waals surface area contributed by atoms with Crippen LogP contribution >= 0.6 is 15.9 Å². The summed E-state index contributed by atoms with van der Waals surface area (Å²) < 4.78 is 14.2. The Labute approximate surface area is 104 Å². The van der Waals surface area contributed by atoms with Crippen molar-refractivity contribution in [2.75, 3.05) is 6.54 Å². The quantitative estimate of drug-likeness (QED) is 0.923. The first-order valence-electron chi connectivity index (χ1n) is 5.05. The van der Waals surface area contributed by atoms with Gasteiger partial charge in [-0.1, -0.05) is 15.9 Å². The van der Waals surface area contributed by atoms with Crippen molar-refractivity contribution in [1.82, 2.24) is 5.32 Å². The highest BCUT2D eigenvalue weighted by Gasteiger charge is 2.14. The molecule has 0 atom stereocenters. The molecule has 0 amide bonds. The molecule has 16 heavy (non-hydrogen) atoms. The highest BCUT2D eigenvalue weighted by atomic mass is 79.9. The summed E-state index contributed by atoms with van der Waals surface area (Å²) >= 11 is 3.30. The number of rotatable bonds is 4. The fourth-order valence-electron chi connectivity index (χ4n) is 1.28. The van der Waals surface area contributed by atoms with E-state index in [1.165, 1.54) is 6.07 Å². The van der Waals surface area contributed by atoms with Gasteiger partial charge < -0.3 is 0 Å². The monoisotopic (exact) mass is 284 g/mol. The van der Waals surface area contributed by atoms with Crippen LogP contribution in [0, 0.1) is 17.1 Å². The number of benzene rings is 1. The van der Waals surface area contributed by atoms with Gasteiger partial charge in [-0.25, -0.2) is 4.39 Å². The number of nitrogens with one attached hydrogen (secondary N) is 1. The molecule has 1 aromatic rings. The van der Waals surface area contributed by atoms with Gasteiger partial charge in [0.15, 0.2) is 0 Å². The third kappa shape index (κ3) is 3.92. The van der Waals surface area contributed by atoms with Crippen LogP contribution < -0.4 is 5.32 Å². The van der Waals surface area contributed by atoms with Crippen LogP contribution in [0.1, 0.15) is 19.4 Å². The van der Waals surface area contributed by atoms with Crippen molar-refractivity contribution in [1.29, 1.82) is 5.26 Å². The minimum atomic E-state index is -0.567. The molecule has 1 rings (SSSR count). The lowest BCUT2D eigenvalue weighted by molar-refractivity contribution is 0.485. The number of halogens is 2. The number of nitriles is 1. The van der Waals surface area contributed by atoms with Crippen molar-refractivity contribution in [3.8, 4) is 6.07 Å². The normalized spacial score (nSPS) is 11.2. The van der Waals surface area contributed by atoms with E-state index in [2.05, 4.69) is 27.3 Å². The minimum absolute atomic E-state index is 0.209. The standard InChI is InChI=1S/C12H14BrFN2/c1-12(2,8-15)16-6-5-9-7-10(13)3-4-11(9)14/h3-4,7,16H,5-6H2,1-2H3. The second-order valence-corrected chi connectivity index (χ2v) is 5.06. The number of hydrogen-bond donors (Lipinski definition) is 1. The lowest BCUT2D eigenvalue weighted by Gasteiger charge is -2.17. The zero-order valence-corrected chi connectivity index (χ0v) is 10.9. The molecule has 1 aromatic carbocycles. The van der Waals surface area contributed by atoms with Gasteiger partial charge in [-0.2, -0.15) is 5.26 Å². The lowest BCUT2D eigenvalue weighted by atomic mass is 10.1. The van der Waals surface area contributed by atoms with E-state index in [9.17, 15) is 4.39 Å². The molecule has 0 aliphatic heterocycles. The predicted octanol–water partition coefficient (Wildman–Crippen LogP) is 3.02. The summed E-state index contributed by atoms with van der Waals surface area (Å²) in [6.45, 7) is 4.17. The largest absolute Gasteiger partial charge is 0.300 e. The molecule has 4 heteroatoms. The van der Waals surface area contributed by atoms with Crippen LogP contribution in [0.4, 0.5) is 4.39 Å². The third-order valence-electron chi connectivity index (χ3n) is 2.25. The Balaban J connectivity index is 2.56. The van der Waals surface area contributed by atoms with E-state index in [1.807, 2.05) is 0 Å². The van der Waals surface area contributed by atoms with E-state index in [4.69, 9.17) is 5.26 Å². The smallest absolute Gasteiger partial charge is 0.126 e. The van der Waals surface area contributed by atoms with Gasteiger partial charge in [0.1, 0.15) is 11.4 Å². The zero-order valence-electron chi connectivity index (χ0n) is 9.35. The van der Waals surface area contributed by atoms with Crippen LogP contribution in [0.3, 0.4) is 0 Å². The summed E-state index contributed by atoms with van der Waals surface area (Å²) in [5.41, 5.74) is 0.0817. The second kappa shape index (κ2) is 5.42. The molecule has 0 aromatic heterocycles. The number of hydrogen-bond acceptors (Lipinski definition) is 2. The first-order valence-corrected chi connectivity index (χ1v) is 5.84. The molecule has 0 saturated carbocycles. The van der Waals surface area contributed by atoms with E-state index in [1.54, 1.807) is 26.0 Å². The maximum Gasteiger partial charge on any atom is 0.126 e. The highest BCUT2D eigenvalue weighted by molar-refractivity contribution is 9.10. The Hall–Kier alpha value is -0.920. The fourth-order valence-corrected chi connectivity index (χ4v) is 1.69. The fraction of sp³-hybridized carbons (Fsp3) is 0.417. The number of nitrogens with zero attached hydrogens (tertiary/aromatic N) is 1. The van der Waals surface area contributed by atoms with Crippen molar-refractivity contribution in [3.63, 3.8) is 0 Å². The third-order valence-corrected chi connectivity index (χ3v) is 2.74. The average molecular weight is 285 g/mol. The molecule has 0 aliphatic rings. The van der Waals surface area contributed by atoms with E-state index in [-0.39, 0.29) is 5.82 Å². The minimum Gasteiger partial charge on any atom is -0.300 e. The first kappa shape index (κ1) is 13.1. The topological polar surface area (TPSA) is 35.8 Å². The van der Waals surface area contributed by atoms with Crippen LogP contribution in [-0.4, -0.2) is 12.1 Å². The lowest BCUT2D eigenvalue weighted by Crippen LogP contribution is -2.38. The molecule has 0 saturated heterocycles. The summed E-state index contributed by atoms with van der Waals surface area (Å²) in [7, 11) is 0. The Morgan fingerprint density at radius 2 is 2.19 bits per heavy atom. The molecule has 0 heterocycles. The maximum absolute atomic E-state index is 13.4. The van der Waals surface area contributed by atoms with Crippen LogP contribution in [0.2, 0.25) is 0 Å². The van der Waals surface area contributed by atoms with Crippen LogP contribution in [-0.2, 0) is 6.42 Å². The van der Waals surface area contributed by atoms with Gasteiger partial charge in [-0.15, -0.1) is 0 Å². The molecule has 86 valence electrons. The van der Waals surface area contributed by atoms with Crippen molar-refractivity contribution in [2.45, 2.75) is 25.8 Å². The Morgan fingerprint density at radius 3 is 2.81 bits per heavy atom. The van der Waals surface area contributed by atoms with Gasteiger partial charge in [0.25, 0.3) is 0 Å².